The molecule has 0 unspecified atom stereocenters. The number of benzene rings is 1. The van der Waals surface area contributed by atoms with Crippen molar-refractivity contribution in [3.05, 3.63) is 34.1 Å². The lowest BCUT2D eigenvalue weighted by molar-refractivity contribution is -0.0949. The van der Waals surface area contributed by atoms with Gasteiger partial charge in [0.2, 0.25) is 0 Å². The zero-order valence-electron chi connectivity index (χ0n) is 11.2. The van der Waals surface area contributed by atoms with E-state index in [-0.39, 0.29) is 17.1 Å². The molecule has 0 aromatic heterocycles. The van der Waals surface area contributed by atoms with Crippen molar-refractivity contribution in [1.29, 1.82) is 0 Å². The van der Waals surface area contributed by atoms with E-state index >= 15 is 0 Å². The van der Waals surface area contributed by atoms with E-state index in [0.29, 0.717) is 24.2 Å². The summed E-state index contributed by atoms with van der Waals surface area (Å²) in [6.45, 7) is 1.66. The summed E-state index contributed by atoms with van der Waals surface area (Å²) >= 11 is 3.13. The van der Waals surface area contributed by atoms with Gasteiger partial charge in [-0.3, -0.25) is 4.79 Å². The third-order valence-electron chi connectivity index (χ3n) is 4.23. The molecule has 108 valence electrons. The van der Waals surface area contributed by atoms with Gasteiger partial charge in [0.15, 0.2) is 0 Å². The van der Waals surface area contributed by atoms with Gasteiger partial charge < -0.3 is 9.64 Å². The molecule has 1 saturated heterocycles. The van der Waals surface area contributed by atoms with Crippen LogP contribution in [0.15, 0.2) is 22.7 Å². The molecule has 5 heteroatoms. The number of halogens is 2. The average molecular weight is 342 g/mol. The van der Waals surface area contributed by atoms with Crippen LogP contribution < -0.4 is 0 Å². The third kappa shape index (κ3) is 2.49. The zero-order valence-corrected chi connectivity index (χ0v) is 12.8. The molecule has 2 aliphatic rings. The van der Waals surface area contributed by atoms with Crippen LogP contribution in [0.2, 0.25) is 0 Å². The molecule has 0 atom stereocenters. The van der Waals surface area contributed by atoms with Crippen molar-refractivity contribution >= 4 is 21.8 Å². The molecule has 0 bridgehead atoms. The van der Waals surface area contributed by atoms with Crippen molar-refractivity contribution in [1.82, 2.24) is 4.90 Å². The van der Waals surface area contributed by atoms with Crippen LogP contribution in [0.4, 0.5) is 4.39 Å². The molecular weight excluding hydrogens is 325 g/mol. The van der Waals surface area contributed by atoms with E-state index in [2.05, 4.69) is 15.9 Å². The summed E-state index contributed by atoms with van der Waals surface area (Å²) in [5.41, 5.74) is -0.0504. The lowest BCUT2D eigenvalue weighted by Crippen LogP contribution is -2.52. The second-order valence-corrected chi connectivity index (χ2v) is 6.42. The van der Waals surface area contributed by atoms with E-state index in [1.807, 2.05) is 0 Å². The Balaban J connectivity index is 1.81. The first-order valence-corrected chi connectivity index (χ1v) is 7.78. The predicted octanol–water partition coefficient (Wildman–Crippen LogP) is 3.37. The van der Waals surface area contributed by atoms with Gasteiger partial charge in [0.05, 0.1) is 28.8 Å². The van der Waals surface area contributed by atoms with Gasteiger partial charge in [0.1, 0.15) is 5.82 Å². The molecule has 1 heterocycles. The molecule has 1 aliphatic heterocycles. The van der Waals surface area contributed by atoms with Gasteiger partial charge in [0, 0.05) is 6.54 Å². The average Bonchev–Trinajstić information content (AvgIpc) is 2.89. The number of rotatable bonds is 1. The maximum absolute atomic E-state index is 14.1. The second-order valence-electron chi connectivity index (χ2n) is 5.57. The maximum atomic E-state index is 14.1. The first-order valence-electron chi connectivity index (χ1n) is 6.99. The molecule has 3 rings (SSSR count). The summed E-state index contributed by atoms with van der Waals surface area (Å²) in [4.78, 5) is 14.3. The van der Waals surface area contributed by atoms with E-state index in [1.54, 1.807) is 23.1 Å². The van der Waals surface area contributed by atoms with Crippen LogP contribution in [0.1, 0.15) is 36.0 Å². The summed E-state index contributed by atoms with van der Waals surface area (Å²) in [6.07, 6.45) is 4.29. The molecule has 1 amide bonds. The third-order valence-corrected chi connectivity index (χ3v) is 4.84. The fourth-order valence-electron chi connectivity index (χ4n) is 3.18. The number of morpholine rings is 1. The predicted molar refractivity (Wildman–Crippen MR) is 77.2 cm³/mol. The SMILES string of the molecule is O=C(c1cccc(Br)c1F)N1CCOC2(CCCC2)C1. The monoisotopic (exact) mass is 341 g/mol. The number of hydrogen-bond donors (Lipinski definition) is 0. The topological polar surface area (TPSA) is 29.5 Å². The number of carbonyl (C=O) groups is 1. The number of amides is 1. The van der Waals surface area contributed by atoms with Gasteiger partial charge in [-0.15, -0.1) is 0 Å². The quantitative estimate of drug-likeness (QED) is 0.783. The van der Waals surface area contributed by atoms with Crippen LogP contribution in [0.5, 0.6) is 0 Å². The Hall–Kier alpha value is -0.940. The fraction of sp³-hybridized carbons (Fsp3) is 0.533. The van der Waals surface area contributed by atoms with E-state index < -0.39 is 5.82 Å². The Bertz CT molecular complexity index is 529. The Kier molecular flexibility index (Phi) is 3.82. The highest BCUT2D eigenvalue weighted by atomic mass is 79.9. The summed E-state index contributed by atoms with van der Waals surface area (Å²) in [5.74, 6) is -0.720. The van der Waals surface area contributed by atoms with Gasteiger partial charge in [-0.2, -0.15) is 0 Å². The number of hydrogen-bond acceptors (Lipinski definition) is 2. The Morgan fingerprint density at radius 2 is 2.10 bits per heavy atom. The van der Waals surface area contributed by atoms with Crippen LogP contribution in [0, 0.1) is 5.82 Å². The van der Waals surface area contributed by atoms with Gasteiger partial charge in [-0.05, 0) is 40.9 Å². The summed E-state index contributed by atoms with van der Waals surface area (Å²) in [7, 11) is 0. The largest absolute Gasteiger partial charge is 0.371 e. The van der Waals surface area contributed by atoms with E-state index in [9.17, 15) is 9.18 Å². The minimum absolute atomic E-state index is 0.134. The normalized spacial score (nSPS) is 21.4. The van der Waals surface area contributed by atoms with Gasteiger partial charge >= 0.3 is 0 Å². The van der Waals surface area contributed by atoms with Crippen molar-refractivity contribution in [2.45, 2.75) is 31.3 Å². The van der Waals surface area contributed by atoms with Gasteiger partial charge in [-0.25, -0.2) is 4.39 Å². The molecule has 0 radical (unpaired) electrons. The zero-order chi connectivity index (χ0) is 14.2. The van der Waals surface area contributed by atoms with E-state index in [0.717, 1.165) is 25.7 Å². The first kappa shape index (κ1) is 14.0. The number of carbonyl (C=O) groups excluding carboxylic acids is 1. The van der Waals surface area contributed by atoms with Gasteiger partial charge in [-0.1, -0.05) is 18.9 Å². The smallest absolute Gasteiger partial charge is 0.257 e. The standard InChI is InChI=1S/C15H17BrFNO2/c16-12-5-3-4-11(13(12)17)14(19)18-8-9-20-15(10-18)6-1-2-7-15/h3-5H,1-2,6-10H2. The summed E-state index contributed by atoms with van der Waals surface area (Å²) in [5, 5.41) is 0. The lowest BCUT2D eigenvalue weighted by Gasteiger charge is -2.40. The minimum atomic E-state index is -0.482. The second kappa shape index (κ2) is 5.45. The van der Waals surface area contributed by atoms with Crippen molar-refractivity contribution < 1.29 is 13.9 Å². The highest BCUT2D eigenvalue weighted by molar-refractivity contribution is 9.10. The Labute approximate surface area is 126 Å². The molecule has 2 fully saturated rings. The van der Waals surface area contributed by atoms with Crippen LogP contribution in [-0.2, 0) is 4.74 Å². The van der Waals surface area contributed by atoms with Crippen molar-refractivity contribution in [2.75, 3.05) is 19.7 Å². The number of nitrogens with zero attached hydrogens (tertiary/aromatic N) is 1. The Morgan fingerprint density at radius 1 is 1.35 bits per heavy atom. The van der Waals surface area contributed by atoms with Crippen molar-refractivity contribution in [2.24, 2.45) is 0 Å². The lowest BCUT2D eigenvalue weighted by atomic mass is 9.99. The summed E-state index contributed by atoms with van der Waals surface area (Å²) < 4.78 is 20.3. The maximum Gasteiger partial charge on any atom is 0.257 e. The molecule has 1 spiro atoms. The fourth-order valence-corrected chi connectivity index (χ4v) is 3.55. The van der Waals surface area contributed by atoms with Crippen molar-refractivity contribution in [3.63, 3.8) is 0 Å². The highest BCUT2D eigenvalue weighted by Crippen LogP contribution is 2.36. The van der Waals surface area contributed by atoms with Crippen LogP contribution in [0.3, 0.4) is 0 Å². The molecule has 0 N–H and O–H groups in total. The van der Waals surface area contributed by atoms with Crippen LogP contribution in [0.25, 0.3) is 0 Å². The summed E-state index contributed by atoms with van der Waals surface area (Å²) in [6, 6.07) is 4.83. The van der Waals surface area contributed by atoms with Crippen molar-refractivity contribution in [3.8, 4) is 0 Å². The minimum Gasteiger partial charge on any atom is -0.371 e. The molecule has 1 saturated carbocycles. The molecule has 1 aromatic rings. The first-order chi connectivity index (χ1) is 9.61. The molecule has 3 nitrogen and oxygen atoms in total. The highest BCUT2D eigenvalue weighted by Gasteiger charge is 2.41. The van der Waals surface area contributed by atoms with Crippen LogP contribution >= 0.6 is 15.9 Å². The van der Waals surface area contributed by atoms with E-state index in [1.165, 1.54) is 0 Å². The number of ether oxygens (including phenoxy) is 1. The molecule has 1 aliphatic carbocycles. The molecule has 1 aromatic carbocycles. The Morgan fingerprint density at radius 3 is 2.85 bits per heavy atom. The molecular formula is C15H17BrFNO2. The van der Waals surface area contributed by atoms with Gasteiger partial charge in [0.25, 0.3) is 5.91 Å². The van der Waals surface area contributed by atoms with Crippen LogP contribution in [-0.4, -0.2) is 36.1 Å². The molecule has 20 heavy (non-hydrogen) atoms. The van der Waals surface area contributed by atoms with E-state index in [4.69, 9.17) is 4.74 Å².